The molecule has 0 saturated carbocycles. The van der Waals surface area contributed by atoms with Crippen LogP contribution in [0.15, 0.2) is 11.5 Å². The van der Waals surface area contributed by atoms with Crippen molar-refractivity contribution in [2.45, 2.75) is 24.5 Å². The predicted molar refractivity (Wildman–Crippen MR) is 54.6 cm³/mol. The molecule has 2 atom stereocenters. The second kappa shape index (κ2) is 4.15. The fourth-order valence-electron chi connectivity index (χ4n) is 1.54. The van der Waals surface area contributed by atoms with Crippen LogP contribution >= 0.6 is 11.8 Å². The third-order valence-electron chi connectivity index (χ3n) is 2.50. The Bertz CT molecular complexity index is 230. The highest BCUT2D eigenvalue weighted by Gasteiger charge is 2.44. The Morgan fingerprint density at radius 3 is 2.85 bits per heavy atom. The summed E-state index contributed by atoms with van der Waals surface area (Å²) in [6, 6.07) is 0. The Balaban J connectivity index is 2.71. The van der Waals surface area contributed by atoms with E-state index in [0.717, 1.165) is 6.42 Å². The van der Waals surface area contributed by atoms with E-state index in [2.05, 4.69) is 0 Å². The molecule has 0 aromatic rings. The molecule has 1 aliphatic heterocycles. The molecule has 1 aliphatic rings. The van der Waals surface area contributed by atoms with Gasteiger partial charge in [-0.15, -0.1) is 11.8 Å². The molecule has 1 heterocycles. The van der Waals surface area contributed by atoms with Crippen molar-refractivity contribution in [1.29, 1.82) is 0 Å². The van der Waals surface area contributed by atoms with Gasteiger partial charge in [-0.25, -0.2) is 0 Å². The van der Waals surface area contributed by atoms with Gasteiger partial charge in [-0.1, -0.05) is 13.0 Å². The molecule has 0 bridgehead atoms. The Hall–Kier alpha value is -0.480. The van der Waals surface area contributed by atoms with Crippen LogP contribution in [0.5, 0.6) is 0 Å². The molecule has 0 aliphatic carbocycles. The van der Waals surface area contributed by atoms with Crippen molar-refractivity contribution in [3.63, 3.8) is 0 Å². The average molecular weight is 201 g/mol. The van der Waals surface area contributed by atoms with Gasteiger partial charge in [-0.3, -0.25) is 4.79 Å². The third kappa shape index (κ3) is 1.89. The van der Waals surface area contributed by atoms with Crippen LogP contribution in [0.25, 0.3) is 0 Å². The maximum Gasteiger partial charge on any atom is 0.320 e. The molecule has 3 N–H and O–H groups in total. The first-order valence-corrected chi connectivity index (χ1v) is 5.29. The second-order valence-corrected chi connectivity index (χ2v) is 4.56. The first-order valence-electron chi connectivity index (χ1n) is 4.41. The lowest BCUT2D eigenvalue weighted by molar-refractivity contribution is -0.141. The van der Waals surface area contributed by atoms with E-state index < -0.39 is 10.7 Å². The first-order chi connectivity index (χ1) is 6.13. The Labute approximate surface area is 82.4 Å². The summed E-state index contributed by atoms with van der Waals surface area (Å²) in [5.74, 6) is -0.620. The minimum atomic E-state index is -0.719. The molecule has 4 heteroatoms. The quantitative estimate of drug-likeness (QED) is 0.722. The van der Waals surface area contributed by atoms with Crippen molar-refractivity contribution < 1.29 is 9.90 Å². The largest absolute Gasteiger partial charge is 0.480 e. The number of nitrogens with two attached hydrogens (primary N) is 1. The van der Waals surface area contributed by atoms with Crippen LogP contribution in [0.3, 0.4) is 0 Å². The topological polar surface area (TPSA) is 63.3 Å². The van der Waals surface area contributed by atoms with Gasteiger partial charge in [0.25, 0.3) is 0 Å². The summed E-state index contributed by atoms with van der Waals surface area (Å²) in [5, 5.41) is 11.0. The Kier molecular flexibility index (Phi) is 3.39. The molecular formula is C9H15NO2S. The van der Waals surface area contributed by atoms with Gasteiger partial charge in [0.1, 0.15) is 4.75 Å². The van der Waals surface area contributed by atoms with Crippen LogP contribution in [-0.2, 0) is 4.79 Å². The molecule has 2 unspecified atom stereocenters. The van der Waals surface area contributed by atoms with Crippen molar-refractivity contribution in [3.05, 3.63) is 11.5 Å². The number of hydrogen-bond donors (Lipinski definition) is 2. The molecule has 74 valence electrons. The third-order valence-corrected chi connectivity index (χ3v) is 3.96. The van der Waals surface area contributed by atoms with Gasteiger partial charge >= 0.3 is 5.97 Å². The highest BCUT2D eigenvalue weighted by molar-refractivity contribution is 8.04. The Morgan fingerprint density at radius 2 is 2.46 bits per heavy atom. The number of aliphatic carboxylic acids is 1. The van der Waals surface area contributed by atoms with Gasteiger partial charge < -0.3 is 10.8 Å². The van der Waals surface area contributed by atoms with Gasteiger partial charge in [0.15, 0.2) is 0 Å². The minimum Gasteiger partial charge on any atom is -0.480 e. The molecule has 0 aromatic heterocycles. The summed E-state index contributed by atoms with van der Waals surface area (Å²) in [6.07, 6.45) is 3.37. The predicted octanol–water partition coefficient (Wildman–Crippen LogP) is 1.45. The summed E-state index contributed by atoms with van der Waals surface area (Å²) in [5.41, 5.74) is 5.39. The monoisotopic (exact) mass is 201 g/mol. The standard InChI is InChI=1S/C9H15NO2S/c1-7-3-6-13-9(7,8(11)12)4-2-5-10/h3,6-7H,2,4-5,10H2,1H3,(H,11,12). The van der Waals surface area contributed by atoms with Crippen LogP contribution in [0.1, 0.15) is 19.8 Å². The van der Waals surface area contributed by atoms with E-state index in [1.54, 1.807) is 0 Å². The lowest BCUT2D eigenvalue weighted by Crippen LogP contribution is -2.39. The minimum absolute atomic E-state index is 0.0987. The number of thioether (sulfide) groups is 1. The van der Waals surface area contributed by atoms with Crippen molar-refractivity contribution in [1.82, 2.24) is 0 Å². The number of carboxylic acid groups (broad SMARTS) is 1. The van der Waals surface area contributed by atoms with Crippen molar-refractivity contribution in [2.24, 2.45) is 11.7 Å². The van der Waals surface area contributed by atoms with Crippen LogP contribution in [0.4, 0.5) is 0 Å². The zero-order valence-corrected chi connectivity index (χ0v) is 8.51. The molecule has 0 radical (unpaired) electrons. The maximum atomic E-state index is 11.1. The van der Waals surface area contributed by atoms with E-state index in [0.29, 0.717) is 13.0 Å². The van der Waals surface area contributed by atoms with Gasteiger partial charge in [-0.2, -0.15) is 0 Å². The van der Waals surface area contributed by atoms with Crippen molar-refractivity contribution in [2.75, 3.05) is 6.54 Å². The van der Waals surface area contributed by atoms with Crippen LogP contribution < -0.4 is 5.73 Å². The number of carboxylic acids is 1. The lowest BCUT2D eigenvalue weighted by atomic mass is 9.89. The fourth-order valence-corrected chi connectivity index (χ4v) is 2.76. The zero-order valence-electron chi connectivity index (χ0n) is 7.69. The molecule has 0 saturated heterocycles. The summed E-state index contributed by atoms with van der Waals surface area (Å²) in [7, 11) is 0. The summed E-state index contributed by atoms with van der Waals surface area (Å²) < 4.78 is -0.653. The van der Waals surface area contributed by atoms with Crippen LogP contribution in [0.2, 0.25) is 0 Å². The molecule has 1 rings (SSSR count). The summed E-state index contributed by atoms with van der Waals surface area (Å²) in [6.45, 7) is 2.50. The SMILES string of the molecule is CC1C=CSC1(CCCN)C(=O)O. The average Bonchev–Trinajstić information content (AvgIpc) is 2.45. The van der Waals surface area contributed by atoms with E-state index in [1.165, 1.54) is 11.8 Å². The second-order valence-electron chi connectivity index (χ2n) is 3.32. The van der Waals surface area contributed by atoms with Gasteiger partial charge in [-0.05, 0) is 24.8 Å². The van der Waals surface area contributed by atoms with Gasteiger partial charge in [0.2, 0.25) is 0 Å². The molecule has 13 heavy (non-hydrogen) atoms. The molecule has 0 fully saturated rings. The molecule has 0 amide bonds. The van der Waals surface area contributed by atoms with Crippen molar-refractivity contribution >= 4 is 17.7 Å². The van der Waals surface area contributed by atoms with E-state index >= 15 is 0 Å². The van der Waals surface area contributed by atoms with Gasteiger partial charge in [0.05, 0.1) is 0 Å². The number of rotatable bonds is 4. The van der Waals surface area contributed by atoms with E-state index in [-0.39, 0.29) is 5.92 Å². The number of hydrogen-bond acceptors (Lipinski definition) is 3. The van der Waals surface area contributed by atoms with Gasteiger partial charge in [0, 0.05) is 5.92 Å². The smallest absolute Gasteiger partial charge is 0.320 e. The Morgan fingerprint density at radius 1 is 1.77 bits per heavy atom. The first kappa shape index (κ1) is 10.6. The molecule has 3 nitrogen and oxygen atoms in total. The number of carbonyl (C=O) groups is 1. The fraction of sp³-hybridized carbons (Fsp3) is 0.667. The maximum absolute atomic E-state index is 11.1. The van der Waals surface area contributed by atoms with E-state index in [4.69, 9.17) is 10.8 Å². The van der Waals surface area contributed by atoms with E-state index in [1.807, 2.05) is 18.4 Å². The summed E-state index contributed by atoms with van der Waals surface area (Å²) in [4.78, 5) is 11.1. The molecule has 0 spiro atoms. The highest BCUT2D eigenvalue weighted by Crippen LogP contribution is 2.44. The highest BCUT2D eigenvalue weighted by atomic mass is 32.2. The van der Waals surface area contributed by atoms with Crippen molar-refractivity contribution in [3.8, 4) is 0 Å². The summed E-state index contributed by atoms with van der Waals surface area (Å²) >= 11 is 1.41. The van der Waals surface area contributed by atoms with Crippen LogP contribution in [0, 0.1) is 5.92 Å². The lowest BCUT2D eigenvalue weighted by Gasteiger charge is -2.27. The molecule has 0 aromatic carbocycles. The molecular weight excluding hydrogens is 186 g/mol. The zero-order chi connectivity index (χ0) is 9.90. The number of allylic oxidation sites excluding steroid dienone is 1. The normalized spacial score (nSPS) is 32.3. The van der Waals surface area contributed by atoms with E-state index in [9.17, 15) is 4.79 Å². The van der Waals surface area contributed by atoms with Crippen LogP contribution in [-0.4, -0.2) is 22.4 Å².